The third kappa shape index (κ3) is 2.91. The van der Waals surface area contributed by atoms with Crippen LogP contribution < -0.4 is 10.6 Å². The standard InChI is InChI=1S/C13H14BrN3S/c1-17(7-9-4-5-18-8-9)12-6-10(14)2-3-11(12)13(15)16/h2-6,8H,7H2,1H3,(H3,15,16). The summed E-state index contributed by atoms with van der Waals surface area (Å²) in [6.45, 7) is 0.806. The zero-order valence-electron chi connectivity index (χ0n) is 9.98. The van der Waals surface area contributed by atoms with E-state index in [-0.39, 0.29) is 5.84 Å². The molecule has 18 heavy (non-hydrogen) atoms. The van der Waals surface area contributed by atoms with Crippen LogP contribution in [0.4, 0.5) is 5.69 Å². The van der Waals surface area contributed by atoms with Gasteiger partial charge in [0.1, 0.15) is 5.84 Å². The highest BCUT2D eigenvalue weighted by atomic mass is 79.9. The summed E-state index contributed by atoms with van der Waals surface area (Å²) in [6, 6.07) is 7.86. The summed E-state index contributed by atoms with van der Waals surface area (Å²) < 4.78 is 0.986. The predicted octanol–water partition coefficient (Wildman–Crippen LogP) is 3.43. The highest BCUT2D eigenvalue weighted by Gasteiger charge is 2.11. The van der Waals surface area contributed by atoms with E-state index in [4.69, 9.17) is 11.1 Å². The molecule has 0 spiro atoms. The van der Waals surface area contributed by atoms with Crippen LogP contribution in [0.25, 0.3) is 0 Å². The van der Waals surface area contributed by atoms with E-state index in [1.54, 1.807) is 11.3 Å². The van der Waals surface area contributed by atoms with E-state index in [0.717, 1.165) is 22.3 Å². The Labute approximate surface area is 119 Å². The predicted molar refractivity (Wildman–Crippen MR) is 81.6 cm³/mol. The van der Waals surface area contributed by atoms with E-state index in [2.05, 4.69) is 37.7 Å². The Morgan fingerprint density at radius 1 is 1.44 bits per heavy atom. The lowest BCUT2D eigenvalue weighted by Gasteiger charge is -2.22. The number of amidine groups is 1. The van der Waals surface area contributed by atoms with E-state index in [9.17, 15) is 0 Å². The van der Waals surface area contributed by atoms with Gasteiger partial charge in [0.2, 0.25) is 0 Å². The number of thiophene rings is 1. The first-order valence-electron chi connectivity index (χ1n) is 5.44. The minimum absolute atomic E-state index is 0.0923. The third-order valence-electron chi connectivity index (χ3n) is 2.66. The van der Waals surface area contributed by atoms with Crippen molar-refractivity contribution in [3.05, 3.63) is 50.6 Å². The van der Waals surface area contributed by atoms with Crippen molar-refractivity contribution in [3.8, 4) is 0 Å². The van der Waals surface area contributed by atoms with Crippen molar-refractivity contribution < 1.29 is 0 Å². The second-order valence-electron chi connectivity index (χ2n) is 4.06. The third-order valence-corrected chi connectivity index (χ3v) is 3.89. The van der Waals surface area contributed by atoms with Crippen LogP contribution >= 0.6 is 27.3 Å². The number of nitrogens with two attached hydrogens (primary N) is 1. The summed E-state index contributed by atoms with van der Waals surface area (Å²) in [5.41, 5.74) is 8.60. The summed E-state index contributed by atoms with van der Waals surface area (Å²) >= 11 is 5.14. The van der Waals surface area contributed by atoms with Crippen molar-refractivity contribution in [2.75, 3.05) is 11.9 Å². The number of hydrogen-bond acceptors (Lipinski definition) is 3. The van der Waals surface area contributed by atoms with Crippen LogP contribution in [0.3, 0.4) is 0 Å². The lowest BCUT2D eigenvalue weighted by Crippen LogP contribution is -2.21. The maximum Gasteiger partial charge on any atom is 0.124 e. The lowest BCUT2D eigenvalue weighted by molar-refractivity contribution is 0.925. The second-order valence-corrected chi connectivity index (χ2v) is 5.76. The molecule has 0 amide bonds. The van der Waals surface area contributed by atoms with Crippen molar-refractivity contribution in [2.45, 2.75) is 6.54 Å². The first-order chi connectivity index (χ1) is 8.58. The van der Waals surface area contributed by atoms with Crippen LogP contribution in [0, 0.1) is 5.41 Å². The number of hydrogen-bond donors (Lipinski definition) is 2. The maximum atomic E-state index is 7.63. The van der Waals surface area contributed by atoms with Gasteiger partial charge < -0.3 is 10.6 Å². The zero-order chi connectivity index (χ0) is 13.1. The molecule has 1 heterocycles. The van der Waals surface area contributed by atoms with E-state index in [0.29, 0.717) is 0 Å². The van der Waals surface area contributed by atoms with Gasteiger partial charge in [0.25, 0.3) is 0 Å². The Bertz CT molecular complexity index is 551. The largest absolute Gasteiger partial charge is 0.384 e. The van der Waals surface area contributed by atoms with Crippen LogP contribution in [-0.2, 0) is 6.54 Å². The number of nitrogens with one attached hydrogen (secondary N) is 1. The zero-order valence-corrected chi connectivity index (χ0v) is 12.4. The molecule has 0 saturated heterocycles. The number of nitrogens with zero attached hydrogens (tertiary/aromatic N) is 1. The van der Waals surface area contributed by atoms with Crippen molar-refractivity contribution in [3.63, 3.8) is 0 Å². The Kier molecular flexibility index (Phi) is 4.04. The fourth-order valence-electron chi connectivity index (χ4n) is 1.79. The number of halogens is 1. The molecule has 94 valence electrons. The molecule has 2 rings (SSSR count). The van der Waals surface area contributed by atoms with Gasteiger partial charge in [-0.2, -0.15) is 11.3 Å². The van der Waals surface area contributed by atoms with Gasteiger partial charge in [-0.3, -0.25) is 5.41 Å². The summed E-state index contributed by atoms with van der Waals surface area (Å²) in [4.78, 5) is 2.10. The highest BCUT2D eigenvalue weighted by molar-refractivity contribution is 9.10. The summed E-state index contributed by atoms with van der Waals surface area (Å²) in [7, 11) is 2.01. The number of benzene rings is 1. The van der Waals surface area contributed by atoms with E-state index in [1.807, 2.05) is 25.2 Å². The Balaban J connectivity index is 2.31. The molecule has 0 unspecified atom stereocenters. The van der Waals surface area contributed by atoms with Gasteiger partial charge in [0.05, 0.1) is 0 Å². The summed E-state index contributed by atoms with van der Waals surface area (Å²) in [6.07, 6.45) is 0. The van der Waals surface area contributed by atoms with E-state index in [1.165, 1.54) is 5.56 Å². The van der Waals surface area contributed by atoms with E-state index < -0.39 is 0 Å². The first-order valence-corrected chi connectivity index (χ1v) is 7.17. The molecular formula is C13H14BrN3S. The molecule has 1 aromatic carbocycles. The lowest BCUT2D eigenvalue weighted by atomic mass is 10.1. The van der Waals surface area contributed by atoms with Crippen LogP contribution in [0.15, 0.2) is 39.5 Å². The minimum Gasteiger partial charge on any atom is -0.384 e. The van der Waals surface area contributed by atoms with Crippen molar-refractivity contribution in [1.82, 2.24) is 0 Å². The van der Waals surface area contributed by atoms with Gasteiger partial charge in [0, 0.05) is 29.3 Å². The van der Waals surface area contributed by atoms with Crippen LogP contribution in [0.5, 0.6) is 0 Å². The quantitative estimate of drug-likeness (QED) is 0.669. The van der Waals surface area contributed by atoms with E-state index >= 15 is 0 Å². The normalized spacial score (nSPS) is 10.3. The topological polar surface area (TPSA) is 53.1 Å². The fourth-order valence-corrected chi connectivity index (χ4v) is 2.80. The average Bonchev–Trinajstić information content (AvgIpc) is 2.81. The smallest absolute Gasteiger partial charge is 0.124 e. The molecule has 2 aromatic rings. The molecule has 0 aliphatic rings. The number of rotatable bonds is 4. The van der Waals surface area contributed by atoms with Gasteiger partial charge in [-0.1, -0.05) is 15.9 Å². The van der Waals surface area contributed by atoms with Crippen LogP contribution in [0.2, 0.25) is 0 Å². The Hall–Kier alpha value is -1.33. The molecule has 0 radical (unpaired) electrons. The molecule has 5 heteroatoms. The maximum absolute atomic E-state index is 7.63. The number of nitrogen functional groups attached to an aromatic ring is 1. The van der Waals surface area contributed by atoms with Gasteiger partial charge in [-0.05, 0) is 40.6 Å². The molecule has 0 fully saturated rings. The molecule has 0 atom stereocenters. The fraction of sp³-hybridized carbons (Fsp3) is 0.154. The van der Waals surface area contributed by atoms with Crippen molar-refractivity contribution >= 4 is 38.8 Å². The van der Waals surface area contributed by atoms with Crippen molar-refractivity contribution in [1.29, 1.82) is 5.41 Å². The van der Waals surface area contributed by atoms with Gasteiger partial charge >= 0.3 is 0 Å². The highest BCUT2D eigenvalue weighted by Crippen LogP contribution is 2.25. The van der Waals surface area contributed by atoms with Gasteiger partial charge in [-0.15, -0.1) is 0 Å². The average molecular weight is 324 g/mol. The van der Waals surface area contributed by atoms with Crippen molar-refractivity contribution in [2.24, 2.45) is 5.73 Å². The summed E-state index contributed by atoms with van der Waals surface area (Å²) in [5.74, 6) is 0.0923. The van der Waals surface area contributed by atoms with Crippen LogP contribution in [-0.4, -0.2) is 12.9 Å². The molecule has 3 N–H and O–H groups in total. The molecule has 0 bridgehead atoms. The monoisotopic (exact) mass is 323 g/mol. The summed E-state index contributed by atoms with van der Waals surface area (Å²) in [5, 5.41) is 11.8. The Morgan fingerprint density at radius 3 is 2.83 bits per heavy atom. The van der Waals surface area contributed by atoms with Gasteiger partial charge in [-0.25, -0.2) is 0 Å². The molecule has 0 aliphatic carbocycles. The van der Waals surface area contributed by atoms with Crippen LogP contribution in [0.1, 0.15) is 11.1 Å². The first kappa shape index (κ1) is 13.1. The molecule has 1 aromatic heterocycles. The molecule has 0 aliphatic heterocycles. The molecule has 0 saturated carbocycles. The molecule has 3 nitrogen and oxygen atoms in total. The minimum atomic E-state index is 0.0923. The Morgan fingerprint density at radius 2 is 2.22 bits per heavy atom. The molecular weight excluding hydrogens is 310 g/mol. The SMILES string of the molecule is CN(Cc1ccsc1)c1cc(Br)ccc1C(=N)N. The second kappa shape index (κ2) is 5.54. The number of anilines is 1. The van der Waals surface area contributed by atoms with Gasteiger partial charge in [0.15, 0.2) is 0 Å².